The number of nitrogens with zero attached hydrogens (tertiary/aromatic N) is 8. The van der Waals surface area contributed by atoms with Crippen LogP contribution < -0.4 is 0 Å². The van der Waals surface area contributed by atoms with Crippen molar-refractivity contribution >= 4 is 11.0 Å². The summed E-state index contributed by atoms with van der Waals surface area (Å²) in [6.45, 7) is 2.99. The second-order valence-electron chi connectivity index (χ2n) is 7.35. The molecule has 0 aliphatic carbocycles. The lowest BCUT2D eigenvalue weighted by atomic mass is 10.1. The molecule has 6 rings (SSSR count). The highest BCUT2D eigenvalue weighted by Crippen LogP contribution is 2.34. The van der Waals surface area contributed by atoms with Crippen LogP contribution in [0.25, 0.3) is 33.9 Å². The highest BCUT2D eigenvalue weighted by Gasteiger charge is 2.27. The van der Waals surface area contributed by atoms with Crippen LogP contribution in [0.15, 0.2) is 48.8 Å². The summed E-state index contributed by atoms with van der Waals surface area (Å²) in [6, 6.07) is 14.2. The fourth-order valence-corrected chi connectivity index (χ4v) is 4.05. The first kappa shape index (κ1) is 17.0. The van der Waals surface area contributed by atoms with Crippen molar-refractivity contribution in [3.05, 3.63) is 65.9 Å². The molecule has 30 heavy (non-hydrogen) atoms. The van der Waals surface area contributed by atoms with Gasteiger partial charge >= 0.3 is 0 Å². The molecule has 0 unspecified atom stereocenters. The van der Waals surface area contributed by atoms with Gasteiger partial charge in [0.1, 0.15) is 18.5 Å². The van der Waals surface area contributed by atoms with Crippen molar-refractivity contribution in [2.75, 3.05) is 7.11 Å². The Morgan fingerprint density at radius 1 is 1.07 bits per heavy atom. The van der Waals surface area contributed by atoms with Crippen molar-refractivity contribution in [3.8, 4) is 22.9 Å². The maximum Gasteiger partial charge on any atom is 0.179 e. The van der Waals surface area contributed by atoms with Gasteiger partial charge in [0.05, 0.1) is 23.4 Å². The van der Waals surface area contributed by atoms with Crippen LogP contribution in [0.4, 0.5) is 0 Å². The van der Waals surface area contributed by atoms with E-state index >= 15 is 0 Å². The van der Waals surface area contributed by atoms with Gasteiger partial charge in [0.15, 0.2) is 17.5 Å². The number of imidazole rings is 1. The summed E-state index contributed by atoms with van der Waals surface area (Å²) < 4.78 is 11.3. The van der Waals surface area contributed by atoms with Crippen molar-refractivity contribution in [2.45, 2.75) is 20.1 Å². The number of para-hydroxylation sites is 1. The van der Waals surface area contributed by atoms with Gasteiger partial charge in [-0.25, -0.2) is 4.98 Å². The molecule has 2 aromatic carbocycles. The van der Waals surface area contributed by atoms with Crippen molar-refractivity contribution in [1.82, 2.24) is 39.3 Å². The van der Waals surface area contributed by atoms with E-state index in [0.717, 1.165) is 51.0 Å². The van der Waals surface area contributed by atoms with E-state index in [4.69, 9.17) is 9.72 Å². The van der Waals surface area contributed by atoms with Gasteiger partial charge in [-0.15, -0.1) is 15.3 Å². The molecule has 148 valence electrons. The fourth-order valence-electron chi connectivity index (χ4n) is 4.05. The van der Waals surface area contributed by atoms with Gasteiger partial charge in [-0.2, -0.15) is 4.68 Å². The molecule has 0 fully saturated rings. The largest absolute Gasteiger partial charge is 0.377 e. The summed E-state index contributed by atoms with van der Waals surface area (Å²) in [5.41, 5.74) is 5.89. The first-order chi connectivity index (χ1) is 14.7. The third kappa shape index (κ3) is 2.35. The average Bonchev–Trinajstić information content (AvgIpc) is 3.44. The molecule has 5 aromatic rings. The van der Waals surface area contributed by atoms with Gasteiger partial charge in [0.2, 0.25) is 0 Å². The summed E-state index contributed by atoms with van der Waals surface area (Å²) in [5, 5.41) is 17.5. The lowest BCUT2D eigenvalue weighted by molar-refractivity contribution is 0.174. The van der Waals surface area contributed by atoms with E-state index in [2.05, 4.69) is 54.8 Å². The molecule has 0 radical (unpaired) electrons. The number of hydrogen-bond acceptors (Lipinski definition) is 6. The number of methoxy groups -OCH3 is 1. The first-order valence-electron chi connectivity index (χ1n) is 9.64. The molecule has 3 aromatic heterocycles. The van der Waals surface area contributed by atoms with Crippen LogP contribution >= 0.6 is 0 Å². The van der Waals surface area contributed by atoms with Gasteiger partial charge in [-0.1, -0.05) is 29.0 Å². The fraction of sp³-hybridized carbons (Fsp3) is 0.190. The molecule has 4 heterocycles. The molecule has 0 bridgehead atoms. The predicted molar refractivity (Wildman–Crippen MR) is 110 cm³/mol. The minimum absolute atomic E-state index is 0.379. The van der Waals surface area contributed by atoms with Gasteiger partial charge in [-0.3, -0.25) is 4.57 Å². The molecule has 1 aliphatic rings. The Kier molecular flexibility index (Phi) is 3.59. The Morgan fingerprint density at radius 2 is 1.97 bits per heavy atom. The quantitative estimate of drug-likeness (QED) is 0.455. The number of benzene rings is 2. The third-order valence-electron chi connectivity index (χ3n) is 5.46. The van der Waals surface area contributed by atoms with Gasteiger partial charge in [0, 0.05) is 12.7 Å². The van der Waals surface area contributed by atoms with Gasteiger partial charge in [0.25, 0.3) is 0 Å². The molecule has 9 nitrogen and oxygen atoms in total. The molecule has 0 saturated carbocycles. The Bertz CT molecular complexity index is 1410. The van der Waals surface area contributed by atoms with Crippen LogP contribution in [0.5, 0.6) is 0 Å². The molecular formula is C21H18N8O. The minimum Gasteiger partial charge on any atom is -0.377 e. The zero-order valence-electron chi connectivity index (χ0n) is 16.5. The second kappa shape index (κ2) is 6.33. The van der Waals surface area contributed by atoms with E-state index in [0.29, 0.717) is 13.2 Å². The van der Waals surface area contributed by atoms with Crippen molar-refractivity contribution < 1.29 is 4.74 Å². The summed E-state index contributed by atoms with van der Waals surface area (Å²) in [4.78, 5) is 4.72. The average molecular weight is 398 g/mol. The Morgan fingerprint density at radius 3 is 2.87 bits per heavy atom. The van der Waals surface area contributed by atoms with Crippen LogP contribution in [0.3, 0.4) is 0 Å². The Labute approximate surface area is 171 Å². The third-order valence-corrected chi connectivity index (χ3v) is 5.46. The Balaban J connectivity index is 1.64. The van der Waals surface area contributed by atoms with Gasteiger partial charge < -0.3 is 9.30 Å². The molecule has 0 amide bonds. The summed E-state index contributed by atoms with van der Waals surface area (Å²) in [5.74, 6) is 2.32. The van der Waals surface area contributed by atoms with Crippen LogP contribution in [0.1, 0.15) is 17.1 Å². The summed E-state index contributed by atoms with van der Waals surface area (Å²) >= 11 is 0. The molecule has 9 heteroatoms. The van der Waals surface area contributed by atoms with Crippen LogP contribution in [-0.4, -0.2) is 46.4 Å². The first-order valence-corrected chi connectivity index (χ1v) is 9.64. The maximum atomic E-state index is 5.36. The SMILES string of the molecule is COCc1nnc2n1Cc1c(-n3nnc4ccccc43)ncn1-c1ccc(C)cc1-2. The number of rotatable bonds is 3. The standard InChI is InChI=1S/C21H18N8O/c1-13-7-8-16-14(9-13)20-25-24-19(11-30-2)27(20)10-18-21(22-12-28(16)18)29-17-6-4-3-5-15(17)23-26-29/h3-9,12H,10-11H2,1-2H3. The van der Waals surface area contributed by atoms with E-state index < -0.39 is 0 Å². The topological polar surface area (TPSA) is 88.5 Å². The van der Waals surface area contributed by atoms with Crippen molar-refractivity contribution in [2.24, 2.45) is 0 Å². The number of ether oxygens (including phenoxy) is 1. The zero-order chi connectivity index (χ0) is 20.2. The molecule has 0 saturated heterocycles. The molecule has 0 N–H and O–H groups in total. The van der Waals surface area contributed by atoms with E-state index in [1.54, 1.807) is 11.8 Å². The highest BCUT2D eigenvalue weighted by molar-refractivity contribution is 5.76. The zero-order valence-corrected chi connectivity index (χ0v) is 16.5. The van der Waals surface area contributed by atoms with Gasteiger partial charge in [-0.05, 0) is 31.2 Å². The van der Waals surface area contributed by atoms with Crippen molar-refractivity contribution in [3.63, 3.8) is 0 Å². The molecule has 1 aliphatic heterocycles. The number of aromatic nitrogens is 8. The number of hydrogen-bond donors (Lipinski definition) is 0. The number of aryl methyl sites for hydroxylation is 1. The normalized spacial score (nSPS) is 12.5. The van der Waals surface area contributed by atoms with Crippen LogP contribution in [0.2, 0.25) is 0 Å². The minimum atomic E-state index is 0.379. The van der Waals surface area contributed by atoms with E-state index in [9.17, 15) is 0 Å². The van der Waals surface area contributed by atoms with Crippen LogP contribution in [-0.2, 0) is 17.9 Å². The molecular weight excluding hydrogens is 380 g/mol. The van der Waals surface area contributed by atoms with E-state index in [1.165, 1.54) is 0 Å². The van der Waals surface area contributed by atoms with E-state index in [1.807, 2.05) is 30.6 Å². The predicted octanol–water partition coefficient (Wildman–Crippen LogP) is 2.68. The lowest BCUT2D eigenvalue weighted by Gasteiger charge is -2.10. The smallest absolute Gasteiger partial charge is 0.179 e. The summed E-state index contributed by atoms with van der Waals surface area (Å²) in [6.07, 6.45) is 1.84. The number of fused-ring (bicyclic) bond motifs is 6. The lowest BCUT2D eigenvalue weighted by Crippen LogP contribution is -2.11. The summed E-state index contributed by atoms with van der Waals surface area (Å²) in [7, 11) is 1.66. The van der Waals surface area contributed by atoms with Crippen LogP contribution in [0, 0.1) is 6.92 Å². The molecule has 0 spiro atoms. The second-order valence-corrected chi connectivity index (χ2v) is 7.35. The monoisotopic (exact) mass is 398 g/mol. The highest BCUT2D eigenvalue weighted by atomic mass is 16.5. The Hall–Kier alpha value is -3.85. The molecule has 0 atom stereocenters. The van der Waals surface area contributed by atoms with Crippen molar-refractivity contribution in [1.29, 1.82) is 0 Å². The maximum absolute atomic E-state index is 5.36. The van der Waals surface area contributed by atoms with E-state index in [-0.39, 0.29) is 0 Å².